The molecule has 1 aromatic heterocycles. The third-order valence-corrected chi connectivity index (χ3v) is 6.83. The van der Waals surface area contributed by atoms with E-state index in [1.807, 2.05) is 72.1 Å². The molecule has 0 fully saturated rings. The van der Waals surface area contributed by atoms with Crippen LogP contribution in [0.25, 0.3) is 0 Å². The van der Waals surface area contributed by atoms with Gasteiger partial charge in [0, 0.05) is 22.0 Å². The Labute approximate surface area is 128 Å². The molecular weight excluding hydrogens is 297 g/mol. The lowest BCUT2D eigenvalue weighted by Crippen LogP contribution is -2.27. The molecule has 0 aliphatic rings. The summed E-state index contributed by atoms with van der Waals surface area (Å²) in [7, 11) is -2.81. The van der Waals surface area contributed by atoms with Gasteiger partial charge in [0.15, 0.2) is 0 Å². The molecule has 0 atom stereocenters. The molecule has 21 heavy (non-hydrogen) atoms. The molecule has 2 aromatic carbocycles. The molecular formula is C17H16NOPS. The molecule has 0 radical (unpaired) electrons. The Hall–Kier alpha value is -1.67. The van der Waals surface area contributed by atoms with Crippen molar-refractivity contribution in [2.24, 2.45) is 0 Å². The number of thiophene rings is 1. The summed E-state index contributed by atoms with van der Waals surface area (Å²) < 4.78 is 13.6. The fourth-order valence-corrected chi connectivity index (χ4v) is 5.20. The Bertz CT molecular complexity index is 683. The van der Waals surface area contributed by atoms with Crippen LogP contribution in [0.1, 0.15) is 4.88 Å². The highest BCUT2D eigenvalue weighted by molar-refractivity contribution is 7.76. The Morgan fingerprint density at radius 3 is 1.86 bits per heavy atom. The number of rotatable bonds is 5. The summed E-state index contributed by atoms with van der Waals surface area (Å²) in [6.07, 6.45) is 0. The minimum Gasteiger partial charge on any atom is -0.297 e. The number of benzene rings is 2. The van der Waals surface area contributed by atoms with Gasteiger partial charge in [-0.1, -0.05) is 42.5 Å². The quantitative estimate of drug-likeness (QED) is 0.727. The minimum atomic E-state index is -2.81. The molecule has 0 bridgehead atoms. The maximum atomic E-state index is 13.6. The summed E-state index contributed by atoms with van der Waals surface area (Å²) in [5.41, 5.74) is 0. The van der Waals surface area contributed by atoms with Gasteiger partial charge < -0.3 is 0 Å². The maximum Gasteiger partial charge on any atom is 0.204 e. The van der Waals surface area contributed by atoms with Crippen molar-refractivity contribution in [2.45, 2.75) is 6.54 Å². The molecule has 0 aliphatic carbocycles. The highest BCUT2D eigenvalue weighted by Gasteiger charge is 2.26. The molecule has 0 aliphatic heterocycles. The van der Waals surface area contributed by atoms with E-state index in [4.69, 9.17) is 0 Å². The van der Waals surface area contributed by atoms with Crippen LogP contribution >= 0.6 is 18.6 Å². The Kier molecular flexibility index (Phi) is 4.35. The van der Waals surface area contributed by atoms with Crippen molar-refractivity contribution >= 4 is 29.2 Å². The molecule has 0 unspecified atom stereocenters. The van der Waals surface area contributed by atoms with Crippen LogP contribution in [0.15, 0.2) is 78.2 Å². The molecule has 0 spiro atoms. The molecule has 1 heterocycles. The average molecular weight is 313 g/mol. The normalized spacial score (nSPS) is 11.4. The maximum absolute atomic E-state index is 13.6. The predicted octanol–water partition coefficient (Wildman–Crippen LogP) is 3.77. The Balaban J connectivity index is 1.97. The van der Waals surface area contributed by atoms with Gasteiger partial charge in [0.25, 0.3) is 0 Å². The van der Waals surface area contributed by atoms with Crippen molar-refractivity contribution in [1.29, 1.82) is 0 Å². The van der Waals surface area contributed by atoms with Gasteiger partial charge in [-0.2, -0.15) is 0 Å². The van der Waals surface area contributed by atoms with Crippen LogP contribution in [-0.4, -0.2) is 0 Å². The van der Waals surface area contributed by atoms with Gasteiger partial charge in [-0.25, -0.2) is 0 Å². The number of hydrogen-bond donors (Lipinski definition) is 1. The van der Waals surface area contributed by atoms with Crippen LogP contribution in [-0.2, 0) is 11.1 Å². The second-order valence-corrected chi connectivity index (χ2v) is 8.29. The highest BCUT2D eigenvalue weighted by Crippen LogP contribution is 2.39. The van der Waals surface area contributed by atoms with Gasteiger partial charge >= 0.3 is 0 Å². The minimum absolute atomic E-state index is 0.610. The lowest BCUT2D eigenvalue weighted by Gasteiger charge is -2.20. The third kappa shape index (κ3) is 3.16. The van der Waals surface area contributed by atoms with Crippen LogP contribution in [0.2, 0.25) is 0 Å². The fourth-order valence-electron chi connectivity index (χ4n) is 2.21. The van der Waals surface area contributed by atoms with Gasteiger partial charge in [0.05, 0.1) is 0 Å². The fraction of sp³-hybridized carbons (Fsp3) is 0.0588. The van der Waals surface area contributed by atoms with E-state index in [-0.39, 0.29) is 0 Å². The van der Waals surface area contributed by atoms with E-state index >= 15 is 0 Å². The van der Waals surface area contributed by atoms with Gasteiger partial charge in [0.2, 0.25) is 7.29 Å². The smallest absolute Gasteiger partial charge is 0.204 e. The van der Waals surface area contributed by atoms with Crippen LogP contribution in [0.3, 0.4) is 0 Å². The van der Waals surface area contributed by atoms with E-state index in [0.717, 1.165) is 10.6 Å². The first-order valence-corrected chi connectivity index (χ1v) is 9.36. The standard InChI is InChI=1S/C17H16NOPS/c19-20(15-8-3-1-4-9-15,16-10-5-2-6-11-16)18-14-17-12-7-13-21-17/h1-13H,14H2,(H,18,19). The van der Waals surface area contributed by atoms with E-state index in [1.54, 1.807) is 11.3 Å². The van der Waals surface area contributed by atoms with Crippen LogP contribution in [0, 0.1) is 0 Å². The van der Waals surface area contributed by atoms with Gasteiger partial charge in [-0.05, 0) is 35.7 Å². The van der Waals surface area contributed by atoms with Crippen molar-refractivity contribution in [3.05, 3.63) is 83.1 Å². The zero-order chi connectivity index (χ0) is 14.5. The molecule has 1 N–H and O–H groups in total. The van der Waals surface area contributed by atoms with Crippen molar-refractivity contribution < 1.29 is 4.57 Å². The second kappa shape index (κ2) is 6.40. The first-order valence-electron chi connectivity index (χ1n) is 6.78. The Morgan fingerprint density at radius 2 is 1.38 bits per heavy atom. The zero-order valence-electron chi connectivity index (χ0n) is 11.5. The average Bonchev–Trinajstić information content (AvgIpc) is 3.08. The second-order valence-electron chi connectivity index (χ2n) is 4.69. The SMILES string of the molecule is O=P(NCc1cccs1)(c1ccccc1)c1ccccc1. The van der Waals surface area contributed by atoms with Crippen molar-refractivity contribution in [3.8, 4) is 0 Å². The molecule has 0 amide bonds. The van der Waals surface area contributed by atoms with Crippen LogP contribution < -0.4 is 15.7 Å². The lowest BCUT2D eigenvalue weighted by molar-refractivity contribution is 0.578. The molecule has 0 saturated heterocycles. The summed E-state index contributed by atoms with van der Waals surface area (Å²) >= 11 is 1.67. The molecule has 0 saturated carbocycles. The Morgan fingerprint density at radius 1 is 0.810 bits per heavy atom. The van der Waals surface area contributed by atoms with Crippen molar-refractivity contribution in [1.82, 2.24) is 5.09 Å². The van der Waals surface area contributed by atoms with E-state index in [0.29, 0.717) is 6.54 Å². The molecule has 3 rings (SSSR count). The van der Waals surface area contributed by atoms with E-state index in [9.17, 15) is 4.57 Å². The number of hydrogen-bond acceptors (Lipinski definition) is 2. The van der Waals surface area contributed by atoms with Crippen LogP contribution in [0.4, 0.5) is 0 Å². The summed E-state index contributed by atoms with van der Waals surface area (Å²) in [4.78, 5) is 1.18. The first kappa shape index (κ1) is 14.3. The summed E-state index contributed by atoms with van der Waals surface area (Å²) in [5, 5.41) is 7.01. The topological polar surface area (TPSA) is 29.1 Å². The largest absolute Gasteiger partial charge is 0.297 e. The number of nitrogens with one attached hydrogen (secondary N) is 1. The monoisotopic (exact) mass is 313 g/mol. The molecule has 106 valence electrons. The van der Waals surface area contributed by atoms with Crippen molar-refractivity contribution in [2.75, 3.05) is 0 Å². The summed E-state index contributed by atoms with van der Waals surface area (Å²) in [5.74, 6) is 0. The first-order chi connectivity index (χ1) is 10.3. The third-order valence-electron chi connectivity index (χ3n) is 3.30. The molecule has 3 aromatic rings. The van der Waals surface area contributed by atoms with E-state index in [2.05, 4.69) is 11.2 Å². The predicted molar refractivity (Wildman–Crippen MR) is 90.9 cm³/mol. The van der Waals surface area contributed by atoms with Gasteiger partial charge in [-0.3, -0.25) is 9.65 Å². The van der Waals surface area contributed by atoms with Gasteiger partial charge in [-0.15, -0.1) is 11.3 Å². The molecule has 2 nitrogen and oxygen atoms in total. The highest BCUT2D eigenvalue weighted by atomic mass is 32.1. The van der Waals surface area contributed by atoms with Crippen molar-refractivity contribution in [3.63, 3.8) is 0 Å². The summed E-state index contributed by atoms with van der Waals surface area (Å²) in [6, 6.07) is 23.4. The van der Waals surface area contributed by atoms with E-state index < -0.39 is 7.29 Å². The van der Waals surface area contributed by atoms with Gasteiger partial charge in [0.1, 0.15) is 0 Å². The molecule has 4 heteroatoms. The zero-order valence-corrected chi connectivity index (χ0v) is 13.2. The lowest BCUT2D eigenvalue weighted by atomic mass is 10.4. The van der Waals surface area contributed by atoms with Crippen LogP contribution in [0.5, 0.6) is 0 Å². The van der Waals surface area contributed by atoms with E-state index in [1.165, 1.54) is 4.88 Å². The summed E-state index contributed by atoms with van der Waals surface area (Å²) in [6.45, 7) is 0.610.